The number of nitrogens with one attached hydrogen (secondary N) is 1. The Labute approximate surface area is 217 Å². The number of aromatic nitrogens is 1. The number of rotatable bonds is 8. The van der Waals surface area contributed by atoms with Crippen LogP contribution in [0.3, 0.4) is 0 Å². The van der Waals surface area contributed by atoms with Gasteiger partial charge >= 0.3 is 6.18 Å². The van der Waals surface area contributed by atoms with E-state index in [-0.39, 0.29) is 12.7 Å². The fraction of sp³-hybridized carbons (Fsp3) is 0.423. The Bertz CT molecular complexity index is 1240. The molecular weight excluding hydrogens is 505 g/mol. The summed E-state index contributed by atoms with van der Waals surface area (Å²) in [5, 5.41) is 11.5. The number of hydroxylamine groups is 1. The summed E-state index contributed by atoms with van der Waals surface area (Å²) < 4.78 is 45.3. The smallest absolute Gasteiger partial charge is 0.416 e. The average molecular weight is 535 g/mol. The number of halogens is 3. The maximum Gasteiger partial charge on any atom is 0.416 e. The lowest BCUT2D eigenvalue weighted by molar-refractivity contribution is -0.137. The molecule has 2 N–H and O–H groups in total. The molecule has 0 bridgehead atoms. The van der Waals surface area contributed by atoms with Crippen molar-refractivity contribution in [3.63, 3.8) is 0 Å². The SMILES string of the molecule is Cc1nc2cc(OC[C@H](O)CN3CCN(C[C@H]4C=C(c5ccc(C(F)(F)F)cc5)NO4)CC3)ccc2s1. The van der Waals surface area contributed by atoms with Crippen molar-refractivity contribution < 1.29 is 27.9 Å². The summed E-state index contributed by atoms with van der Waals surface area (Å²) in [5.41, 5.74) is 4.40. The summed E-state index contributed by atoms with van der Waals surface area (Å²) in [6, 6.07) is 10.8. The number of thiazole rings is 1. The standard InChI is InChI=1S/C26H29F3N4O3S/c1-17-30-24-12-21(6-7-25(24)37-17)35-16-20(34)14-32-8-10-33(11-9-32)15-22-13-23(31-36-22)18-2-4-19(5-3-18)26(27,28)29/h2-7,12-13,20,22,31,34H,8-11,14-16H2,1H3/t20-,22-/m1/s1. The molecular formula is C26H29F3N4O3S. The number of nitrogens with zero attached hydrogens (tertiary/aromatic N) is 3. The van der Waals surface area contributed by atoms with E-state index in [4.69, 9.17) is 9.57 Å². The second-order valence-corrected chi connectivity index (χ2v) is 10.6. The third-order valence-electron chi connectivity index (χ3n) is 6.48. The van der Waals surface area contributed by atoms with Gasteiger partial charge in [0, 0.05) is 45.3 Å². The summed E-state index contributed by atoms with van der Waals surface area (Å²) in [5.74, 6) is 0.704. The number of aryl methyl sites for hydroxylation is 1. The van der Waals surface area contributed by atoms with Gasteiger partial charge in [0.1, 0.15) is 24.6 Å². The number of ether oxygens (including phenoxy) is 1. The van der Waals surface area contributed by atoms with Gasteiger partial charge in [-0.25, -0.2) is 4.98 Å². The Morgan fingerprint density at radius 2 is 1.86 bits per heavy atom. The normalized spacial score (nSPS) is 20.1. The lowest BCUT2D eigenvalue weighted by atomic mass is 10.1. The fourth-order valence-corrected chi connectivity index (χ4v) is 5.35. The Morgan fingerprint density at radius 1 is 1.14 bits per heavy atom. The molecule has 1 fully saturated rings. The van der Waals surface area contributed by atoms with E-state index < -0.39 is 17.8 Å². The molecule has 1 aromatic heterocycles. The molecule has 0 aliphatic carbocycles. The number of piperazine rings is 1. The molecule has 7 nitrogen and oxygen atoms in total. The van der Waals surface area contributed by atoms with E-state index in [9.17, 15) is 18.3 Å². The van der Waals surface area contributed by atoms with Crippen molar-refractivity contribution in [3.8, 4) is 5.75 Å². The lowest BCUT2D eigenvalue weighted by Crippen LogP contribution is -2.50. The predicted molar refractivity (Wildman–Crippen MR) is 136 cm³/mol. The van der Waals surface area contributed by atoms with Crippen LogP contribution in [0.15, 0.2) is 48.5 Å². The second-order valence-electron chi connectivity index (χ2n) is 9.34. The highest BCUT2D eigenvalue weighted by Crippen LogP contribution is 2.30. The molecule has 3 aromatic rings. The highest BCUT2D eigenvalue weighted by Gasteiger charge is 2.30. The molecule has 198 valence electrons. The Kier molecular flexibility index (Phi) is 7.68. The minimum absolute atomic E-state index is 0.193. The molecule has 1 saturated heterocycles. The van der Waals surface area contributed by atoms with Crippen LogP contribution in [0.4, 0.5) is 13.2 Å². The highest BCUT2D eigenvalue weighted by molar-refractivity contribution is 7.18. The summed E-state index contributed by atoms with van der Waals surface area (Å²) in [6.07, 6.45) is -3.24. The van der Waals surface area contributed by atoms with E-state index in [1.54, 1.807) is 11.3 Å². The van der Waals surface area contributed by atoms with E-state index in [0.717, 1.165) is 53.5 Å². The predicted octanol–water partition coefficient (Wildman–Crippen LogP) is 3.93. The third kappa shape index (κ3) is 6.60. The third-order valence-corrected chi connectivity index (χ3v) is 7.43. The number of alkyl halides is 3. The van der Waals surface area contributed by atoms with Gasteiger partial charge in [-0.05, 0) is 42.8 Å². The first-order valence-electron chi connectivity index (χ1n) is 12.2. The van der Waals surface area contributed by atoms with Crippen molar-refractivity contribution in [2.75, 3.05) is 45.9 Å². The molecule has 37 heavy (non-hydrogen) atoms. The molecule has 2 aromatic carbocycles. The summed E-state index contributed by atoms with van der Waals surface area (Å²) in [4.78, 5) is 14.6. The van der Waals surface area contributed by atoms with Crippen LogP contribution >= 0.6 is 11.3 Å². The van der Waals surface area contributed by atoms with Crippen LogP contribution in [0.25, 0.3) is 15.9 Å². The molecule has 2 aliphatic heterocycles. The Balaban J connectivity index is 1.04. The van der Waals surface area contributed by atoms with Gasteiger partial charge in [0.15, 0.2) is 0 Å². The topological polar surface area (TPSA) is 70.1 Å². The first-order valence-corrected chi connectivity index (χ1v) is 13.0. The number of benzene rings is 2. The number of aliphatic hydroxyl groups is 1. The van der Waals surface area contributed by atoms with Gasteiger partial charge in [0.2, 0.25) is 0 Å². The number of aliphatic hydroxyl groups excluding tert-OH is 1. The summed E-state index contributed by atoms with van der Waals surface area (Å²) >= 11 is 1.64. The van der Waals surface area contributed by atoms with Crippen molar-refractivity contribution >= 4 is 27.3 Å². The van der Waals surface area contributed by atoms with E-state index in [1.165, 1.54) is 12.1 Å². The van der Waals surface area contributed by atoms with Crippen molar-refractivity contribution in [1.82, 2.24) is 20.3 Å². The monoisotopic (exact) mass is 534 g/mol. The van der Waals surface area contributed by atoms with Gasteiger partial charge in [-0.3, -0.25) is 20.1 Å². The number of fused-ring (bicyclic) bond motifs is 1. The summed E-state index contributed by atoms with van der Waals surface area (Å²) in [6.45, 7) is 6.69. The molecule has 0 spiro atoms. The van der Waals surface area contributed by atoms with Gasteiger partial charge in [-0.2, -0.15) is 13.2 Å². The van der Waals surface area contributed by atoms with Crippen molar-refractivity contribution in [1.29, 1.82) is 0 Å². The van der Waals surface area contributed by atoms with E-state index in [0.29, 0.717) is 30.1 Å². The molecule has 0 radical (unpaired) electrons. The zero-order valence-electron chi connectivity index (χ0n) is 20.4. The van der Waals surface area contributed by atoms with Gasteiger partial charge in [0.25, 0.3) is 0 Å². The maximum atomic E-state index is 12.8. The lowest BCUT2D eigenvalue weighted by Gasteiger charge is -2.36. The molecule has 0 amide bonds. The van der Waals surface area contributed by atoms with Gasteiger partial charge < -0.3 is 9.84 Å². The van der Waals surface area contributed by atoms with Crippen LogP contribution in [0.1, 0.15) is 16.1 Å². The Morgan fingerprint density at radius 3 is 2.59 bits per heavy atom. The molecule has 0 saturated carbocycles. The second kappa shape index (κ2) is 11.0. The first kappa shape index (κ1) is 25.9. The van der Waals surface area contributed by atoms with Crippen molar-refractivity contribution in [2.24, 2.45) is 0 Å². The van der Waals surface area contributed by atoms with E-state index >= 15 is 0 Å². The molecule has 5 rings (SSSR count). The minimum atomic E-state index is -4.35. The molecule has 2 atom stereocenters. The fourth-order valence-electron chi connectivity index (χ4n) is 4.54. The summed E-state index contributed by atoms with van der Waals surface area (Å²) in [7, 11) is 0. The van der Waals surface area contributed by atoms with Crippen LogP contribution in [0, 0.1) is 6.92 Å². The first-order chi connectivity index (χ1) is 17.7. The van der Waals surface area contributed by atoms with Crippen LogP contribution in [-0.2, 0) is 11.0 Å². The Hall–Kier alpha value is -2.70. The zero-order valence-corrected chi connectivity index (χ0v) is 21.2. The van der Waals surface area contributed by atoms with Crippen LogP contribution in [0.2, 0.25) is 0 Å². The highest BCUT2D eigenvalue weighted by atomic mass is 32.1. The largest absolute Gasteiger partial charge is 0.491 e. The van der Waals surface area contributed by atoms with Crippen LogP contribution in [-0.4, -0.2) is 78.0 Å². The molecule has 11 heteroatoms. The van der Waals surface area contributed by atoms with Gasteiger partial charge in [-0.1, -0.05) is 12.1 Å². The van der Waals surface area contributed by atoms with Gasteiger partial charge in [0.05, 0.1) is 26.5 Å². The van der Waals surface area contributed by atoms with Gasteiger partial charge in [-0.15, -0.1) is 11.3 Å². The van der Waals surface area contributed by atoms with Crippen LogP contribution < -0.4 is 10.2 Å². The van der Waals surface area contributed by atoms with Crippen molar-refractivity contribution in [2.45, 2.75) is 25.3 Å². The average Bonchev–Trinajstić information content (AvgIpc) is 3.49. The van der Waals surface area contributed by atoms with Crippen molar-refractivity contribution in [3.05, 3.63) is 64.7 Å². The maximum absolute atomic E-state index is 12.8. The zero-order chi connectivity index (χ0) is 26.0. The van der Waals surface area contributed by atoms with E-state index in [1.807, 2.05) is 31.2 Å². The van der Waals surface area contributed by atoms with E-state index in [2.05, 4.69) is 20.3 Å². The quantitative estimate of drug-likeness (QED) is 0.454. The van der Waals surface area contributed by atoms with Crippen LogP contribution in [0.5, 0.6) is 5.75 Å². The molecule has 0 unspecified atom stereocenters. The molecule has 3 heterocycles. The number of hydrogen-bond acceptors (Lipinski definition) is 8. The number of β-amino-alcohol motifs (C(OH)–C–C–N with tert-alkyl or cyclic N) is 1. The molecule has 2 aliphatic rings. The minimum Gasteiger partial charge on any atom is -0.491 e. The number of hydrogen-bond donors (Lipinski definition) is 2.